The van der Waals surface area contributed by atoms with Gasteiger partial charge in [0.1, 0.15) is 18.0 Å². The molecule has 27 heavy (non-hydrogen) atoms. The SMILES string of the molecule is C=C1C(=O)OC2C1CC(=O)C(C)C(O)(C(=O)C=CC)C2OC1CC=C(C)O1. The summed E-state index contributed by atoms with van der Waals surface area (Å²) in [4.78, 5) is 37.6. The van der Waals surface area contributed by atoms with Gasteiger partial charge in [0.05, 0.1) is 11.7 Å². The zero-order valence-corrected chi connectivity index (χ0v) is 15.6. The minimum absolute atomic E-state index is 0.0511. The summed E-state index contributed by atoms with van der Waals surface area (Å²) in [5.41, 5.74) is -2.04. The number of aliphatic hydroxyl groups is 1. The molecular weight excluding hydrogens is 352 g/mol. The van der Waals surface area contributed by atoms with E-state index in [1.165, 1.54) is 19.1 Å². The smallest absolute Gasteiger partial charge is 0.334 e. The molecule has 7 heteroatoms. The van der Waals surface area contributed by atoms with Crippen molar-refractivity contribution in [2.24, 2.45) is 11.8 Å². The molecule has 2 fully saturated rings. The highest BCUT2D eigenvalue weighted by Crippen LogP contribution is 2.44. The molecule has 6 unspecified atom stereocenters. The van der Waals surface area contributed by atoms with E-state index in [-0.39, 0.29) is 17.8 Å². The molecule has 2 heterocycles. The predicted molar refractivity (Wildman–Crippen MR) is 94.2 cm³/mol. The van der Waals surface area contributed by atoms with Crippen molar-refractivity contribution in [3.8, 4) is 0 Å². The van der Waals surface area contributed by atoms with Gasteiger partial charge in [-0.15, -0.1) is 0 Å². The molecule has 0 radical (unpaired) electrons. The summed E-state index contributed by atoms with van der Waals surface area (Å²) in [6, 6.07) is 0. The molecule has 0 spiro atoms. The number of carbonyl (C=O) groups excluding carboxylic acids is 3. The van der Waals surface area contributed by atoms with Gasteiger partial charge in [-0.2, -0.15) is 0 Å². The minimum Gasteiger partial charge on any atom is -0.470 e. The van der Waals surface area contributed by atoms with Crippen LogP contribution >= 0.6 is 0 Å². The van der Waals surface area contributed by atoms with Crippen LogP contribution < -0.4 is 0 Å². The first-order valence-electron chi connectivity index (χ1n) is 9.01. The molecule has 3 aliphatic rings. The lowest BCUT2D eigenvalue weighted by Gasteiger charge is -2.39. The molecule has 0 amide bonds. The van der Waals surface area contributed by atoms with Crippen molar-refractivity contribution in [3.63, 3.8) is 0 Å². The number of allylic oxidation sites excluding steroid dienone is 2. The number of ketones is 2. The first kappa shape index (κ1) is 19.5. The predicted octanol–water partition coefficient (Wildman–Crippen LogP) is 1.60. The molecule has 0 aromatic rings. The van der Waals surface area contributed by atoms with Crippen LogP contribution in [-0.4, -0.2) is 46.7 Å². The van der Waals surface area contributed by atoms with Crippen molar-refractivity contribution in [1.29, 1.82) is 0 Å². The maximum atomic E-state index is 12.8. The second-order valence-corrected chi connectivity index (χ2v) is 7.24. The highest BCUT2D eigenvalue weighted by Gasteiger charge is 2.62. The van der Waals surface area contributed by atoms with Gasteiger partial charge >= 0.3 is 5.97 Å². The third-order valence-electron chi connectivity index (χ3n) is 5.57. The van der Waals surface area contributed by atoms with Gasteiger partial charge in [-0.3, -0.25) is 9.59 Å². The zero-order valence-electron chi connectivity index (χ0n) is 15.6. The lowest BCUT2D eigenvalue weighted by atomic mass is 9.77. The molecular formula is C20H24O7. The van der Waals surface area contributed by atoms with E-state index < -0.39 is 47.7 Å². The van der Waals surface area contributed by atoms with Crippen molar-refractivity contribution in [2.45, 2.75) is 57.7 Å². The van der Waals surface area contributed by atoms with Crippen molar-refractivity contribution in [1.82, 2.24) is 0 Å². The van der Waals surface area contributed by atoms with Gasteiger partial charge in [0.25, 0.3) is 0 Å². The Morgan fingerprint density at radius 3 is 2.70 bits per heavy atom. The highest BCUT2D eigenvalue weighted by atomic mass is 16.7. The van der Waals surface area contributed by atoms with E-state index in [1.54, 1.807) is 13.8 Å². The van der Waals surface area contributed by atoms with Crippen LogP contribution in [-0.2, 0) is 28.6 Å². The number of hydrogen-bond acceptors (Lipinski definition) is 7. The standard InChI is InChI=1S/C20H24O7/c1-5-6-15(22)20(24)12(4)14(21)9-13-11(3)19(23)27-17(13)18(20)26-16-8-7-10(2)25-16/h5-7,12-13,16-18,24H,3,8-9H2,1-2,4H3. The Kier molecular flexibility index (Phi) is 5.10. The summed E-state index contributed by atoms with van der Waals surface area (Å²) < 4.78 is 16.9. The lowest BCUT2D eigenvalue weighted by molar-refractivity contribution is -0.229. The van der Waals surface area contributed by atoms with Crippen molar-refractivity contribution in [3.05, 3.63) is 36.1 Å². The van der Waals surface area contributed by atoms with Crippen LogP contribution in [0.25, 0.3) is 0 Å². The van der Waals surface area contributed by atoms with Crippen LogP contribution in [0, 0.1) is 11.8 Å². The van der Waals surface area contributed by atoms with Gasteiger partial charge in [0, 0.05) is 24.3 Å². The molecule has 3 rings (SSSR count). The number of fused-ring (bicyclic) bond motifs is 1. The van der Waals surface area contributed by atoms with Crippen molar-refractivity contribution >= 4 is 17.5 Å². The van der Waals surface area contributed by atoms with Gasteiger partial charge in [0.15, 0.2) is 11.4 Å². The average molecular weight is 376 g/mol. The summed E-state index contributed by atoms with van der Waals surface area (Å²) in [5, 5.41) is 11.5. The largest absolute Gasteiger partial charge is 0.470 e. The third-order valence-corrected chi connectivity index (χ3v) is 5.57. The number of rotatable bonds is 4. The second kappa shape index (κ2) is 7.05. The van der Waals surface area contributed by atoms with Gasteiger partial charge in [-0.1, -0.05) is 19.6 Å². The van der Waals surface area contributed by atoms with Gasteiger partial charge in [0.2, 0.25) is 6.29 Å². The van der Waals surface area contributed by atoms with Gasteiger partial charge < -0.3 is 19.3 Å². The topological polar surface area (TPSA) is 99.1 Å². The van der Waals surface area contributed by atoms with Crippen LogP contribution in [0.1, 0.15) is 33.6 Å². The molecule has 1 saturated carbocycles. The Hall–Kier alpha value is -2.25. The lowest BCUT2D eigenvalue weighted by Crippen LogP contribution is -2.60. The van der Waals surface area contributed by atoms with Gasteiger partial charge in [-0.05, 0) is 26.0 Å². The number of hydrogen-bond donors (Lipinski definition) is 1. The van der Waals surface area contributed by atoms with Gasteiger partial charge in [-0.25, -0.2) is 4.79 Å². The quantitative estimate of drug-likeness (QED) is 0.588. The Bertz CT molecular complexity index is 749. The third kappa shape index (κ3) is 3.15. The van der Waals surface area contributed by atoms with Crippen LogP contribution in [0.15, 0.2) is 36.1 Å². The first-order valence-corrected chi connectivity index (χ1v) is 9.01. The summed E-state index contributed by atoms with van der Waals surface area (Å²) in [6.45, 7) is 8.61. The molecule has 1 aliphatic carbocycles. The van der Waals surface area contributed by atoms with E-state index in [4.69, 9.17) is 14.2 Å². The molecule has 0 aromatic heterocycles. The van der Waals surface area contributed by atoms with Crippen LogP contribution in [0.4, 0.5) is 0 Å². The van der Waals surface area contributed by atoms with Crippen LogP contribution in [0.3, 0.4) is 0 Å². The van der Waals surface area contributed by atoms with E-state index in [0.717, 1.165) is 0 Å². The molecule has 2 aliphatic heterocycles. The van der Waals surface area contributed by atoms with E-state index in [2.05, 4.69) is 6.58 Å². The molecule has 146 valence electrons. The molecule has 1 saturated heterocycles. The maximum Gasteiger partial charge on any atom is 0.334 e. The Morgan fingerprint density at radius 1 is 1.41 bits per heavy atom. The Balaban J connectivity index is 2.06. The zero-order chi connectivity index (χ0) is 19.9. The van der Waals surface area contributed by atoms with E-state index in [1.807, 2.05) is 6.08 Å². The first-order chi connectivity index (χ1) is 12.7. The number of carbonyl (C=O) groups is 3. The molecule has 0 aromatic carbocycles. The number of Topliss-reactive ketones (excluding diaryl/α,β-unsaturated/α-hetero) is 1. The second-order valence-electron chi connectivity index (χ2n) is 7.24. The summed E-state index contributed by atoms with van der Waals surface area (Å²) in [6.07, 6.45) is 1.87. The Labute approximate surface area is 157 Å². The normalized spacial score (nSPS) is 39.0. The van der Waals surface area contributed by atoms with E-state index in [9.17, 15) is 19.5 Å². The number of esters is 1. The fourth-order valence-electron chi connectivity index (χ4n) is 3.91. The van der Waals surface area contributed by atoms with Crippen LogP contribution in [0.2, 0.25) is 0 Å². The molecule has 1 N–H and O–H groups in total. The molecule has 0 bridgehead atoms. The van der Waals surface area contributed by atoms with Crippen molar-refractivity contribution in [2.75, 3.05) is 0 Å². The maximum absolute atomic E-state index is 12.8. The summed E-state index contributed by atoms with van der Waals surface area (Å²) >= 11 is 0. The van der Waals surface area contributed by atoms with E-state index in [0.29, 0.717) is 12.2 Å². The molecule has 7 nitrogen and oxygen atoms in total. The molecule has 6 atom stereocenters. The fraction of sp³-hybridized carbons (Fsp3) is 0.550. The van der Waals surface area contributed by atoms with Crippen LogP contribution in [0.5, 0.6) is 0 Å². The summed E-state index contributed by atoms with van der Waals surface area (Å²) in [7, 11) is 0. The highest BCUT2D eigenvalue weighted by molar-refractivity contribution is 6.03. The Morgan fingerprint density at radius 2 is 2.11 bits per heavy atom. The van der Waals surface area contributed by atoms with E-state index >= 15 is 0 Å². The van der Waals surface area contributed by atoms with Crippen molar-refractivity contribution < 1.29 is 33.7 Å². The minimum atomic E-state index is -2.19. The monoisotopic (exact) mass is 376 g/mol. The number of ether oxygens (including phenoxy) is 3. The average Bonchev–Trinajstić information content (AvgIpc) is 3.14. The fourth-order valence-corrected chi connectivity index (χ4v) is 3.91. The summed E-state index contributed by atoms with van der Waals surface area (Å²) in [5.74, 6) is -2.71.